The summed E-state index contributed by atoms with van der Waals surface area (Å²) < 4.78 is 11.2. The predicted molar refractivity (Wildman–Crippen MR) is 124 cm³/mol. The minimum atomic E-state index is -1.16. The molecule has 33 heavy (non-hydrogen) atoms. The number of nitrogens with two attached hydrogens (primary N) is 1. The summed E-state index contributed by atoms with van der Waals surface area (Å²) in [6.45, 7) is 3.11. The summed E-state index contributed by atoms with van der Waals surface area (Å²) in [4.78, 5) is 24.7. The van der Waals surface area contributed by atoms with Gasteiger partial charge in [-0.05, 0) is 48.9 Å². The van der Waals surface area contributed by atoms with Crippen molar-refractivity contribution in [2.75, 3.05) is 25.5 Å². The van der Waals surface area contributed by atoms with Crippen molar-refractivity contribution in [1.29, 1.82) is 5.41 Å². The van der Waals surface area contributed by atoms with Crippen LogP contribution < -0.4 is 16.4 Å². The minimum Gasteiger partial charge on any atom is -0.478 e. The summed E-state index contributed by atoms with van der Waals surface area (Å²) in [5, 5.41) is 21.6. The monoisotopic (exact) mass is 445 g/mol. The quantitative estimate of drug-likeness (QED) is 0.194. The van der Waals surface area contributed by atoms with Crippen LogP contribution in [0.15, 0.2) is 59.0 Å². The molecule has 4 rings (SSSR count). The smallest absolute Gasteiger partial charge is 0.336 e. The topological polar surface area (TPSA) is 139 Å². The largest absolute Gasteiger partial charge is 0.478 e. The number of nitrogen functional groups attached to an aromatic ring is 1. The number of hydrogen-bond donors (Lipinski definition) is 4. The number of fused-ring (bicyclic) bond motifs is 2. The maximum absolute atomic E-state index is 12.5. The number of benzene rings is 3. The number of hydrogen-bond acceptors (Lipinski definition) is 6. The third-order valence-corrected chi connectivity index (χ3v) is 5.26. The van der Waals surface area contributed by atoms with E-state index in [-0.39, 0.29) is 22.4 Å². The van der Waals surface area contributed by atoms with Gasteiger partial charge in [0.1, 0.15) is 11.3 Å². The van der Waals surface area contributed by atoms with Crippen LogP contribution in [0.5, 0.6) is 0 Å². The maximum atomic E-state index is 12.5. The molecule has 5 N–H and O–H groups in total. The van der Waals surface area contributed by atoms with E-state index in [2.05, 4.69) is 5.32 Å². The average Bonchev–Trinajstić information content (AvgIpc) is 2.79. The van der Waals surface area contributed by atoms with E-state index in [1.807, 2.05) is 6.92 Å². The summed E-state index contributed by atoms with van der Waals surface area (Å²) in [5.74, 6) is -1.11. The van der Waals surface area contributed by atoms with Crippen molar-refractivity contribution in [1.82, 2.24) is 5.32 Å². The van der Waals surface area contributed by atoms with Crippen molar-refractivity contribution in [3.8, 4) is 22.5 Å². The van der Waals surface area contributed by atoms with E-state index in [4.69, 9.17) is 20.3 Å². The van der Waals surface area contributed by atoms with Crippen LogP contribution in [0.1, 0.15) is 27.6 Å². The lowest BCUT2D eigenvalue weighted by molar-refractivity contribution is 0.0697. The fourth-order valence-electron chi connectivity index (χ4n) is 3.76. The highest BCUT2D eigenvalue weighted by Crippen LogP contribution is 2.41. The third kappa shape index (κ3) is 4.42. The Morgan fingerprint density at radius 2 is 1.88 bits per heavy atom. The number of nitrogens with one attached hydrogen (secondary N) is 2. The van der Waals surface area contributed by atoms with Gasteiger partial charge in [0.25, 0.3) is 5.91 Å². The van der Waals surface area contributed by atoms with Crippen LogP contribution in [0.2, 0.25) is 0 Å². The number of carbonyl (C=O) groups is 2. The van der Waals surface area contributed by atoms with E-state index in [1.54, 1.807) is 48.5 Å². The number of rotatable bonds is 7. The first kappa shape index (κ1) is 22.0. The molecule has 8 heteroatoms. The van der Waals surface area contributed by atoms with Gasteiger partial charge in [-0.2, -0.15) is 0 Å². The molecule has 0 bridgehead atoms. The Labute approximate surface area is 189 Å². The number of amides is 1. The molecule has 8 nitrogen and oxygen atoms in total. The molecular weight excluding hydrogens is 422 g/mol. The molecule has 0 aromatic heterocycles. The van der Waals surface area contributed by atoms with Crippen molar-refractivity contribution in [3.05, 3.63) is 71.1 Å². The fourth-order valence-corrected chi connectivity index (χ4v) is 3.76. The van der Waals surface area contributed by atoms with Gasteiger partial charge in [0.2, 0.25) is 0 Å². The van der Waals surface area contributed by atoms with Gasteiger partial charge in [-0.3, -0.25) is 4.79 Å². The van der Waals surface area contributed by atoms with Crippen molar-refractivity contribution in [2.45, 2.75) is 6.92 Å². The molecule has 2 aliphatic rings. The lowest BCUT2D eigenvalue weighted by atomic mass is 9.89. The van der Waals surface area contributed by atoms with Gasteiger partial charge in [0, 0.05) is 53.0 Å². The normalized spacial score (nSPS) is 11.1. The highest BCUT2D eigenvalue weighted by molar-refractivity contribution is 6.09. The minimum absolute atomic E-state index is 0.0203. The molecule has 0 saturated carbocycles. The fraction of sp³-hybridized carbons (Fsp3) is 0.160. The van der Waals surface area contributed by atoms with E-state index < -0.39 is 5.97 Å². The Morgan fingerprint density at radius 1 is 1.09 bits per heavy atom. The van der Waals surface area contributed by atoms with Crippen LogP contribution in [0.3, 0.4) is 0 Å². The van der Waals surface area contributed by atoms with Crippen molar-refractivity contribution in [3.63, 3.8) is 0 Å². The SMILES string of the molecule is CCOCCNC(=O)c1ccc(-c2c3ccc(=N)cc-3oc3cc(N)ccc23)c(C(=O)O)c1. The Morgan fingerprint density at radius 3 is 2.64 bits per heavy atom. The summed E-state index contributed by atoms with van der Waals surface area (Å²) >= 11 is 0. The molecule has 1 aliphatic carbocycles. The van der Waals surface area contributed by atoms with E-state index >= 15 is 0 Å². The molecule has 0 radical (unpaired) electrons. The lowest BCUT2D eigenvalue weighted by Crippen LogP contribution is -2.27. The van der Waals surface area contributed by atoms with Gasteiger partial charge < -0.3 is 30.7 Å². The first-order valence-electron chi connectivity index (χ1n) is 10.4. The van der Waals surface area contributed by atoms with Gasteiger partial charge in [0.05, 0.1) is 17.5 Å². The van der Waals surface area contributed by atoms with E-state index in [1.165, 1.54) is 6.07 Å². The average molecular weight is 445 g/mol. The van der Waals surface area contributed by atoms with Crippen LogP contribution in [0, 0.1) is 5.41 Å². The molecule has 1 amide bonds. The number of carboxylic acid groups (broad SMARTS) is 1. The van der Waals surface area contributed by atoms with E-state index in [0.717, 1.165) is 0 Å². The van der Waals surface area contributed by atoms with Crippen molar-refractivity contribution < 1.29 is 23.8 Å². The molecule has 0 unspecified atom stereocenters. The molecular formula is C25H23N3O5. The molecule has 1 heterocycles. The van der Waals surface area contributed by atoms with E-state index in [0.29, 0.717) is 58.9 Å². The predicted octanol–water partition coefficient (Wildman–Crippen LogP) is 3.73. The Kier molecular flexibility index (Phi) is 6.10. The summed E-state index contributed by atoms with van der Waals surface area (Å²) in [6, 6.07) is 14.7. The maximum Gasteiger partial charge on any atom is 0.336 e. The standard InChI is InChI=1S/C25H23N3O5/c1-2-32-10-9-28-24(29)14-3-6-17(20(11-14)25(30)31)23-18-7-4-15(26)12-21(18)33-22-13-16(27)5-8-19(22)23/h3-8,11-13,26H,2,9-10,27H2,1H3,(H,28,29)(H,30,31). The number of anilines is 1. The Balaban J connectivity index is 1.89. The molecule has 2 aromatic carbocycles. The lowest BCUT2D eigenvalue weighted by Gasteiger charge is -2.17. The zero-order valence-electron chi connectivity index (χ0n) is 18.0. The summed E-state index contributed by atoms with van der Waals surface area (Å²) in [7, 11) is 0. The van der Waals surface area contributed by atoms with Gasteiger partial charge in [-0.15, -0.1) is 0 Å². The highest BCUT2D eigenvalue weighted by Gasteiger charge is 2.22. The molecule has 0 spiro atoms. The number of carbonyl (C=O) groups excluding carboxylic acids is 1. The second kappa shape index (κ2) is 9.13. The molecule has 2 aromatic rings. The number of carboxylic acids is 1. The first-order chi connectivity index (χ1) is 15.9. The molecule has 0 atom stereocenters. The zero-order chi connectivity index (χ0) is 23.5. The van der Waals surface area contributed by atoms with Crippen LogP contribution >= 0.6 is 0 Å². The summed E-state index contributed by atoms with van der Waals surface area (Å²) in [6.07, 6.45) is 0. The van der Waals surface area contributed by atoms with Gasteiger partial charge >= 0.3 is 5.97 Å². The number of aromatic carboxylic acids is 1. The van der Waals surface area contributed by atoms with Gasteiger partial charge in [-0.1, -0.05) is 6.07 Å². The van der Waals surface area contributed by atoms with Crippen LogP contribution in [0.4, 0.5) is 5.69 Å². The zero-order valence-corrected chi connectivity index (χ0v) is 18.0. The van der Waals surface area contributed by atoms with Crippen LogP contribution in [0.25, 0.3) is 33.4 Å². The van der Waals surface area contributed by atoms with Crippen molar-refractivity contribution >= 4 is 28.5 Å². The van der Waals surface area contributed by atoms with Crippen molar-refractivity contribution in [2.24, 2.45) is 0 Å². The van der Waals surface area contributed by atoms with Crippen LogP contribution in [-0.2, 0) is 4.74 Å². The van der Waals surface area contributed by atoms with Gasteiger partial charge in [-0.25, -0.2) is 4.79 Å². The first-order valence-corrected chi connectivity index (χ1v) is 10.4. The Bertz CT molecular complexity index is 1390. The van der Waals surface area contributed by atoms with E-state index in [9.17, 15) is 14.7 Å². The molecule has 0 fully saturated rings. The third-order valence-electron chi connectivity index (χ3n) is 5.26. The Hall–Kier alpha value is -4.17. The van der Waals surface area contributed by atoms with Crippen LogP contribution in [-0.4, -0.2) is 36.7 Å². The second-order valence-corrected chi connectivity index (χ2v) is 7.46. The van der Waals surface area contributed by atoms with Gasteiger partial charge in [0.15, 0.2) is 0 Å². The molecule has 0 saturated heterocycles. The molecule has 1 aliphatic heterocycles. The molecule has 168 valence electrons. The number of ether oxygens (including phenoxy) is 1. The second-order valence-electron chi connectivity index (χ2n) is 7.46. The summed E-state index contributed by atoms with van der Waals surface area (Å²) in [5.41, 5.74) is 8.83. The highest BCUT2D eigenvalue weighted by atomic mass is 16.5.